The predicted octanol–water partition coefficient (Wildman–Crippen LogP) is 4.12. The van der Waals surface area contributed by atoms with Gasteiger partial charge in [-0.05, 0) is 66.8 Å². The molecule has 3 aromatic rings. The van der Waals surface area contributed by atoms with Crippen LogP contribution in [-0.4, -0.2) is 31.2 Å². The topological polar surface area (TPSA) is 79.9 Å². The Morgan fingerprint density at radius 2 is 1.71 bits per heavy atom. The summed E-state index contributed by atoms with van der Waals surface area (Å²) >= 11 is 0. The largest absolute Gasteiger partial charge is 0.454 e. The molecule has 0 saturated heterocycles. The Bertz CT molecular complexity index is 1280. The van der Waals surface area contributed by atoms with Gasteiger partial charge in [0.1, 0.15) is 0 Å². The fourth-order valence-electron chi connectivity index (χ4n) is 4.50. The Balaban J connectivity index is 1.27. The van der Waals surface area contributed by atoms with Crippen molar-refractivity contribution in [3.63, 3.8) is 0 Å². The van der Waals surface area contributed by atoms with E-state index in [1.165, 1.54) is 11.1 Å². The molecule has 2 aliphatic heterocycles. The molecule has 0 unspecified atom stereocenters. The highest BCUT2D eigenvalue weighted by atomic mass is 16.7. The van der Waals surface area contributed by atoms with Crippen LogP contribution in [0.25, 0.3) is 0 Å². The van der Waals surface area contributed by atoms with Gasteiger partial charge in [-0.2, -0.15) is 0 Å². The number of benzene rings is 3. The molecule has 7 nitrogen and oxygen atoms in total. The minimum atomic E-state index is -0.272. The molecule has 34 heavy (non-hydrogen) atoms. The van der Waals surface area contributed by atoms with E-state index >= 15 is 0 Å². The number of hydrogen-bond acceptors (Lipinski definition) is 5. The lowest BCUT2D eigenvalue weighted by Crippen LogP contribution is -2.33. The van der Waals surface area contributed by atoms with Gasteiger partial charge in [0.25, 0.3) is 11.8 Å². The predicted molar refractivity (Wildman–Crippen MR) is 129 cm³/mol. The molecule has 6 rings (SSSR count). The van der Waals surface area contributed by atoms with E-state index in [0.717, 1.165) is 38.0 Å². The molecule has 1 aliphatic carbocycles. The lowest BCUT2D eigenvalue weighted by Gasteiger charge is -2.32. The van der Waals surface area contributed by atoms with Crippen molar-refractivity contribution in [2.24, 2.45) is 0 Å². The van der Waals surface area contributed by atoms with Gasteiger partial charge in [0.15, 0.2) is 11.5 Å². The fraction of sp³-hybridized carbons (Fsp3) is 0.259. The van der Waals surface area contributed by atoms with Crippen LogP contribution in [0.3, 0.4) is 0 Å². The molecular weight excluding hydrogens is 430 g/mol. The van der Waals surface area contributed by atoms with E-state index in [1.807, 2.05) is 12.1 Å². The highest BCUT2D eigenvalue weighted by Crippen LogP contribution is 2.33. The fourth-order valence-corrected chi connectivity index (χ4v) is 4.50. The van der Waals surface area contributed by atoms with Crippen molar-refractivity contribution < 1.29 is 19.1 Å². The van der Waals surface area contributed by atoms with Gasteiger partial charge in [-0.1, -0.05) is 24.3 Å². The SMILES string of the molecule is O=C(Nc1ccc(N2CCc3ccccc3C2)c(C(=O)NC2CC2)c1)c1ccc2c(c1)OCO2. The molecule has 1 fully saturated rings. The number of fused-ring (bicyclic) bond motifs is 2. The van der Waals surface area contributed by atoms with Gasteiger partial charge in [0.05, 0.1) is 5.56 Å². The monoisotopic (exact) mass is 455 g/mol. The maximum Gasteiger partial charge on any atom is 0.255 e. The number of rotatable bonds is 5. The zero-order chi connectivity index (χ0) is 23.1. The first kappa shape index (κ1) is 20.6. The van der Waals surface area contributed by atoms with Crippen molar-refractivity contribution >= 4 is 23.2 Å². The first-order valence-electron chi connectivity index (χ1n) is 11.6. The van der Waals surface area contributed by atoms with Gasteiger partial charge >= 0.3 is 0 Å². The third kappa shape index (κ3) is 4.05. The molecule has 1 saturated carbocycles. The standard InChI is InChI=1S/C27H25N3O4/c31-26(18-5-10-24-25(13-18)34-16-33-24)29-21-8-9-23(22(14-21)27(32)28-20-6-7-20)30-12-11-17-3-1-2-4-19(17)15-30/h1-5,8-10,13-14,20H,6-7,11-12,15-16H2,(H,28,32)(H,29,31). The maximum absolute atomic E-state index is 13.2. The van der Waals surface area contributed by atoms with Crippen LogP contribution in [0.2, 0.25) is 0 Å². The normalized spacial score (nSPS) is 16.1. The van der Waals surface area contributed by atoms with Crippen LogP contribution in [0, 0.1) is 0 Å². The van der Waals surface area contributed by atoms with Gasteiger partial charge in [-0.15, -0.1) is 0 Å². The molecule has 0 radical (unpaired) electrons. The number of amides is 2. The molecule has 7 heteroatoms. The van der Waals surface area contributed by atoms with Gasteiger partial charge < -0.3 is 25.0 Å². The van der Waals surface area contributed by atoms with Crippen LogP contribution in [0.15, 0.2) is 60.7 Å². The Morgan fingerprint density at radius 3 is 2.56 bits per heavy atom. The lowest BCUT2D eigenvalue weighted by atomic mass is 9.98. The third-order valence-electron chi connectivity index (χ3n) is 6.52. The quantitative estimate of drug-likeness (QED) is 0.605. The summed E-state index contributed by atoms with van der Waals surface area (Å²) in [5.74, 6) is 0.808. The molecule has 2 heterocycles. The van der Waals surface area contributed by atoms with E-state index in [9.17, 15) is 9.59 Å². The number of anilines is 2. The van der Waals surface area contributed by atoms with Crippen molar-refractivity contribution in [1.82, 2.24) is 5.32 Å². The average Bonchev–Trinajstić information content (AvgIpc) is 3.55. The second-order valence-electron chi connectivity index (χ2n) is 8.94. The summed E-state index contributed by atoms with van der Waals surface area (Å²) in [5.41, 5.74) is 5.14. The zero-order valence-corrected chi connectivity index (χ0v) is 18.7. The lowest BCUT2D eigenvalue weighted by molar-refractivity contribution is 0.0950. The summed E-state index contributed by atoms with van der Waals surface area (Å²) < 4.78 is 10.7. The molecule has 2 amide bonds. The Kier molecular flexibility index (Phi) is 5.09. The van der Waals surface area contributed by atoms with Crippen molar-refractivity contribution in [2.45, 2.75) is 31.8 Å². The molecule has 0 spiro atoms. The highest BCUT2D eigenvalue weighted by molar-refractivity contribution is 6.06. The van der Waals surface area contributed by atoms with E-state index in [-0.39, 0.29) is 24.6 Å². The summed E-state index contributed by atoms with van der Waals surface area (Å²) in [6.07, 6.45) is 2.96. The Hall–Kier alpha value is -4.00. The van der Waals surface area contributed by atoms with Crippen molar-refractivity contribution in [3.8, 4) is 11.5 Å². The van der Waals surface area contributed by atoms with Crippen molar-refractivity contribution in [2.75, 3.05) is 23.6 Å². The van der Waals surface area contributed by atoms with E-state index < -0.39 is 0 Å². The van der Waals surface area contributed by atoms with Crippen LogP contribution < -0.4 is 25.0 Å². The number of carbonyl (C=O) groups is 2. The van der Waals surface area contributed by atoms with Crippen molar-refractivity contribution in [3.05, 3.63) is 82.9 Å². The minimum absolute atomic E-state index is 0.101. The molecule has 3 aliphatic rings. The Labute approximate surface area is 197 Å². The van der Waals surface area contributed by atoms with Crippen molar-refractivity contribution in [1.29, 1.82) is 0 Å². The van der Waals surface area contributed by atoms with Crippen LogP contribution in [0.5, 0.6) is 11.5 Å². The number of nitrogens with zero attached hydrogens (tertiary/aromatic N) is 1. The summed E-state index contributed by atoms with van der Waals surface area (Å²) in [7, 11) is 0. The third-order valence-corrected chi connectivity index (χ3v) is 6.52. The molecule has 0 bridgehead atoms. The highest BCUT2D eigenvalue weighted by Gasteiger charge is 2.27. The molecule has 3 aromatic carbocycles. The van der Waals surface area contributed by atoms with Gasteiger partial charge in [0, 0.05) is 36.1 Å². The van der Waals surface area contributed by atoms with Crippen LogP contribution in [0.1, 0.15) is 44.7 Å². The summed E-state index contributed by atoms with van der Waals surface area (Å²) in [6.45, 7) is 1.74. The van der Waals surface area contributed by atoms with Gasteiger partial charge in [-0.25, -0.2) is 0 Å². The average molecular weight is 456 g/mol. The molecule has 0 atom stereocenters. The van der Waals surface area contributed by atoms with Gasteiger partial charge in [0.2, 0.25) is 6.79 Å². The second kappa shape index (κ2) is 8.41. The molecule has 172 valence electrons. The Morgan fingerprint density at radius 1 is 0.882 bits per heavy atom. The zero-order valence-electron chi connectivity index (χ0n) is 18.7. The second-order valence-corrected chi connectivity index (χ2v) is 8.94. The molecule has 2 N–H and O–H groups in total. The molecule has 0 aromatic heterocycles. The first-order chi connectivity index (χ1) is 16.6. The number of hydrogen-bond donors (Lipinski definition) is 2. The number of ether oxygens (including phenoxy) is 2. The first-order valence-corrected chi connectivity index (χ1v) is 11.6. The van der Waals surface area contributed by atoms with Crippen LogP contribution >= 0.6 is 0 Å². The maximum atomic E-state index is 13.2. The number of carbonyl (C=O) groups excluding carboxylic acids is 2. The van der Waals surface area contributed by atoms with Crippen LogP contribution in [0.4, 0.5) is 11.4 Å². The smallest absolute Gasteiger partial charge is 0.255 e. The van der Waals surface area contributed by atoms with Gasteiger partial charge in [-0.3, -0.25) is 9.59 Å². The minimum Gasteiger partial charge on any atom is -0.454 e. The van der Waals surface area contributed by atoms with E-state index in [4.69, 9.17) is 9.47 Å². The summed E-state index contributed by atoms with van der Waals surface area (Å²) in [4.78, 5) is 28.3. The number of nitrogens with one attached hydrogen (secondary N) is 2. The van der Waals surface area contributed by atoms with E-state index in [0.29, 0.717) is 28.3 Å². The van der Waals surface area contributed by atoms with E-state index in [1.54, 1.807) is 24.3 Å². The van der Waals surface area contributed by atoms with Crippen LogP contribution in [-0.2, 0) is 13.0 Å². The summed E-state index contributed by atoms with van der Waals surface area (Å²) in [6, 6.07) is 19.3. The summed E-state index contributed by atoms with van der Waals surface area (Å²) in [5, 5.41) is 6.03. The van der Waals surface area contributed by atoms with E-state index in [2.05, 4.69) is 39.8 Å². The molecular formula is C27H25N3O4.